The van der Waals surface area contributed by atoms with Gasteiger partial charge in [-0.1, -0.05) is 43.5 Å². The van der Waals surface area contributed by atoms with Gasteiger partial charge >= 0.3 is 0 Å². The zero-order valence-corrected chi connectivity index (χ0v) is 19.2. The molecule has 7 nitrogen and oxygen atoms in total. The number of nitrogens with zero attached hydrogens (tertiary/aromatic N) is 1. The van der Waals surface area contributed by atoms with Crippen LogP contribution in [0.15, 0.2) is 59.5 Å². The number of carbonyl (C=O) groups is 2. The first-order chi connectivity index (χ1) is 15.4. The van der Waals surface area contributed by atoms with Crippen molar-refractivity contribution in [2.24, 2.45) is 5.92 Å². The van der Waals surface area contributed by atoms with Gasteiger partial charge in [0, 0.05) is 31.1 Å². The Kier molecular flexibility index (Phi) is 8.27. The molecule has 1 saturated carbocycles. The quantitative estimate of drug-likeness (QED) is 0.565. The third kappa shape index (κ3) is 5.88. The number of rotatable bonds is 9. The number of nitrogens with one attached hydrogen (secondary N) is 2. The molecule has 0 atom stereocenters. The first-order valence-electron chi connectivity index (χ1n) is 11.2. The fourth-order valence-corrected chi connectivity index (χ4v) is 5.50. The second-order valence-corrected chi connectivity index (χ2v) is 9.78. The van der Waals surface area contributed by atoms with Crippen molar-refractivity contribution in [3.8, 4) is 0 Å². The maximum atomic E-state index is 13.2. The largest absolute Gasteiger partial charge is 0.354 e. The molecule has 2 N–H and O–H groups in total. The number of benzene rings is 2. The van der Waals surface area contributed by atoms with Crippen LogP contribution in [0.4, 0.5) is 5.69 Å². The molecule has 0 bridgehead atoms. The van der Waals surface area contributed by atoms with Gasteiger partial charge in [0.25, 0.3) is 15.9 Å². The number of carbonyl (C=O) groups excluding carboxylic acids is 2. The summed E-state index contributed by atoms with van der Waals surface area (Å²) in [6.45, 7) is 2.65. The molecule has 1 aliphatic carbocycles. The van der Waals surface area contributed by atoms with E-state index in [-0.39, 0.29) is 41.3 Å². The van der Waals surface area contributed by atoms with Gasteiger partial charge in [-0.05, 0) is 50.1 Å². The van der Waals surface area contributed by atoms with Crippen LogP contribution in [0.2, 0.25) is 0 Å². The molecule has 2 aromatic rings. The summed E-state index contributed by atoms with van der Waals surface area (Å²) in [7, 11) is -3.81. The molecular weight excluding hydrogens is 426 g/mol. The number of amides is 2. The lowest BCUT2D eigenvalue weighted by Crippen LogP contribution is -2.38. The van der Waals surface area contributed by atoms with Gasteiger partial charge in [-0.2, -0.15) is 0 Å². The lowest BCUT2D eigenvalue weighted by molar-refractivity contribution is -0.125. The van der Waals surface area contributed by atoms with Gasteiger partial charge in [0.2, 0.25) is 5.91 Å². The highest BCUT2D eigenvalue weighted by atomic mass is 32.2. The molecule has 0 heterocycles. The van der Waals surface area contributed by atoms with Crippen LogP contribution in [0.5, 0.6) is 0 Å². The van der Waals surface area contributed by atoms with Crippen molar-refractivity contribution in [2.75, 3.05) is 23.9 Å². The Morgan fingerprint density at radius 1 is 0.938 bits per heavy atom. The van der Waals surface area contributed by atoms with Gasteiger partial charge in [-0.25, -0.2) is 8.42 Å². The monoisotopic (exact) mass is 457 g/mol. The normalized spacial score (nSPS) is 14.5. The molecule has 8 heteroatoms. The number of hydrogen-bond acceptors (Lipinski definition) is 4. The van der Waals surface area contributed by atoms with E-state index in [1.54, 1.807) is 43.3 Å². The lowest BCUT2D eigenvalue weighted by atomic mass is 9.89. The standard InChI is InChI=1S/C24H31N3O4S/c1-2-27(21-13-7-4-8-14-21)32(30,31)22-15-9-12-20(18-22)24(29)26-17-16-25-23(28)19-10-5-3-6-11-19/h4,7-9,12-15,18-19H,2-3,5-6,10-11,16-17H2,1H3,(H,25,28)(H,26,29). The van der Waals surface area contributed by atoms with Gasteiger partial charge in [0.05, 0.1) is 10.6 Å². The molecule has 0 aromatic heterocycles. The van der Waals surface area contributed by atoms with Crippen molar-refractivity contribution in [1.82, 2.24) is 10.6 Å². The number of sulfonamides is 1. The maximum absolute atomic E-state index is 13.2. The van der Waals surface area contributed by atoms with Crippen molar-refractivity contribution in [2.45, 2.75) is 43.9 Å². The number of anilines is 1. The Morgan fingerprint density at radius 2 is 1.62 bits per heavy atom. The van der Waals surface area contributed by atoms with Gasteiger partial charge in [0.1, 0.15) is 0 Å². The minimum absolute atomic E-state index is 0.0487. The van der Waals surface area contributed by atoms with Crippen LogP contribution >= 0.6 is 0 Å². The second kappa shape index (κ2) is 11.1. The average molecular weight is 458 g/mol. The first-order valence-corrected chi connectivity index (χ1v) is 12.6. The molecule has 0 radical (unpaired) electrons. The minimum atomic E-state index is -3.81. The van der Waals surface area contributed by atoms with Crippen LogP contribution in [0.1, 0.15) is 49.4 Å². The second-order valence-electron chi connectivity index (χ2n) is 7.92. The molecule has 0 spiro atoms. The molecule has 1 aliphatic rings. The zero-order valence-electron chi connectivity index (χ0n) is 18.4. The Morgan fingerprint density at radius 3 is 2.31 bits per heavy atom. The fourth-order valence-electron chi connectivity index (χ4n) is 3.98. The van der Waals surface area contributed by atoms with E-state index in [0.29, 0.717) is 12.2 Å². The fraction of sp³-hybridized carbons (Fsp3) is 0.417. The summed E-state index contributed by atoms with van der Waals surface area (Å²) < 4.78 is 27.7. The zero-order chi connectivity index (χ0) is 23.0. The van der Waals surface area contributed by atoms with Crippen molar-refractivity contribution in [3.05, 3.63) is 60.2 Å². The molecule has 0 aliphatic heterocycles. The van der Waals surface area contributed by atoms with E-state index >= 15 is 0 Å². The van der Waals surface area contributed by atoms with E-state index < -0.39 is 10.0 Å². The average Bonchev–Trinajstić information content (AvgIpc) is 2.83. The number of hydrogen-bond donors (Lipinski definition) is 2. The van der Waals surface area contributed by atoms with Crippen LogP contribution in [0.3, 0.4) is 0 Å². The highest BCUT2D eigenvalue weighted by Gasteiger charge is 2.24. The minimum Gasteiger partial charge on any atom is -0.354 e. The SMILES string of the molecule is CCN(c1ccccc1)S(=O)(=O)c1cccc(C(=O)NCCNC(=O)C2CCCCC2)c1. The van der Waals surface area contributed by atoms with Crippen LogP contribution in [-0.2, 0) is 14.8 Å². The molecule has 3 rings (SSSR count). The van der Waals surface area contributed by atoms with E-state index in [9.17, 15) is 18.0 Å². The van der Waals surface area contributed by atoms with Crippen LogP contribution in [0, 0.1) is 5.92 Å². The molecular formula is C24H31N3O4S. The maximum Gasteiger partial charge on any atom is 0.264 e. The summed E-state index contributed by atoms with van der Waals surface area (Å²) in [6.07, 6.45) is 5.23. The van der Waals surface area contributed by atoms with E-state index in [4.69, 9.17) is 0 Å². The summed E-state index contributed by atoms with van der Waals surface area (Å²) in [5, 5.41) is 5.63. The summed E-state index contributed by atoms with van der Waals surface area (Å²) in [6, 6.07) is 14.9. The molecule has 0 unspecified atom stereocenters. The number of para-hydroxylation sites is 1. The van der Waals surface area contributed by atoms with E-state index in [1.807, 2.05) is 6.07 Å². The van der Waals surface area contributed by atoms with Gasteiger partial charge in [-0.3, -0.25) is 13.9 Å². The molecule has 2 aromatic carbocycles. The van der Waals surface area contributed by atoms with Crippen molar-refractivity contribution in [1.29, 1.82) is 0 Å². The topological polar surface area (TPSA) is 95.6 Å². The van der Waals surface area contributed by atoms with Gasteiger partial charge < -0.3 is 10.6 Å². The van der Waals surface area contributed by atoms with Crippen molar-refractivity contribution in [3.63, 3.8) is 0 Å². The predicted molar refractivity (Wildman–Crippen MR) is 125 cm³/mol. The van der Waals surface area contributed by atoms with Gasteiger partial charge in [0.15, 0.2) is 0 Å². The highest BCUT2D eigenvalue weighted by molar-refractivity contribution is 7.92. The van der Waals surface area contributed by atoms with Crippen LogP contribution in [-0.4, -0.2) is 39.9 Å². The molecule has 1 fully saturated rings. The Balaban J connectivity index is 1.59. The lowest BCUT2D eigenvalue weighted by Gasteiger charge is -2.23. The van der Waals surface area contributed by atoms with Gasteiger partial charge in [-0.15, -0.1) is 0 Å². The Labute approximate surface area is 190 Å². The van der Waals surface area contributed by atoms with Crippen LogP contribution in [0.25, 0.3) is 0 Å². The predicted octanol–water partition coefficient (Wildman–Crippen LogP) is 3.33. The third-order valence-corrected chi connectivity index (χ3v) is 7.60. The highest BCUT2D eigenvalue weighted by Crippen LogP contribution is 2.24. The summed E-state index contributed by atoms with van der Waals surface area (Å²) in [4.78, 5) is 24.8. The van der Waals surface area contributed by atoms with E-state index in [0.717, 1.165) is 25.7 Å². The smallest absolute Gasteiger partial charge is 0.264 e. The summed E-state index contributed by atoms with van der Waals surface area (Å²) in [5.74, 6) is -0.253. The third-order valence-electron chi connectivity index (χ3n) is 5.70. The molecule has 2 amide bonds. The Bertz CT molecular complexity index is 1020. The van der Waals surface area contributed by atoms with Crippen molar-refractivity contribution >= 4 is 27.5 Å². The van der Waals surface area contributed by atoms with Crippen LogP contribution < -0.4 is 14.9 Å². The Hall–Kier alpha value is -2.87. The van der Waals surface area contributed by atoms with E-state index in [2.05, 4.69) is 10.6 Å². The summed E-state index contributed by atoms with van der Waals surface area (Å²) in [5.41, 5.74) is 0.826. The molecule has 0 saturated heterocycles. The first kappa shape index (κ1) is 23.8. The molecule has 32 heavy (non-hydrogen) atoms. The van der Waals surface area contributed by atoms with E-state index in [1.165, 1.54) is 22.9 Å². The summed E-state index contributed by atoms with van der Waals surface area (Å²) >= 11 is 0. The van der Waals surface area contributed by atoms with Crippen molar-refractivity contribution < 1.29 is 18.0 Å². The molecule has 172 valence electrons.